The van der Waals surface area contributed by atoms with Gasteiger partial charge >= 0.3 is 0 Å². The maximum Gasteiger partial charge on any atom is 0.254 e. The predicted octanol–water partition coefficient (Wildman–Crippen LogP) is 1.15. The second-order valence-corrected chi connectivity index (χ2v) is 4.85. The summed E-state index contributed by atoms with van der Waals surface area (Å²) in [7, 11) is 0. The molecule has 0 atom stereocenters. The number of rotatable bonds is 7. The van der Waals surface area contributed by atoms with Crippen LogP contribution >= 0.6 is 0 Å². The highest BCUT2D eigenvalue weighted by molar-refractivity contribution is 5.94. The summed E-state index contributed by atoms with van der Waals surface area (Å²) in [6, 6.07) is 0. The van der Waals surface area contributed by atoms with E-state index in [4.69, 9.17) is 0 Å². The van der Waals surface area contributed by atoms with Crippen molar-refractivity contribution in [2.75, 3.05) is 6.54 Å². The van der Waals surface area contributed by atoms with Crippen LogP contribution in [0.5, 0.6) is 0 Å². The van der Waals surface area contributed by atoms with Gasteiger partial charge < -0.3 is 5.32 Å². The number of hydrogen-bond donors (Lipinski definition) is 1. The number of aryl methyl sites for hydroxylation is 2. The van der Waals surface area contributed by atoms with Crippen molar-refractivity contribution in [3.05, 3.63) is 35.7 Å². The largest absolute Gasteiger partial charge is 0.350 e. The molecular formula is C14H20N6O. The SMILES string of the molecule is CCCCc1cn(CCNC(=O)c2cncnc2C)nn1. The van der Waals surface area contributed by atoms with E-state index < -0.39 is 0 Å². The molecule has 2 heterocycles. The summed E-state index contributed by atoms with van der Waals surface area (Å²) in [5.41, 5.74) is 2.17. The number of nitrogens with zero attached hydrogens (tertiary/aromatic N) is 5. The van der Waals surface area contributed by atoms with E-state index in [1.54, 1.807) is 11.6 Å². The smallest absolute Gasteiger partial charge is 0.254 e. The van der Waals surface area contributed by atoms with Crippen LogP contribution in [0.4, 0.5) is 0 Å². The van der Waals surface area contributed by atoms with Crippen LogP contribution in [0.2, 0.25) is 0 Å². The van der Waals surface area contributed by atoms with E-state index in [0.717, 1.165) is 25.0 Å². The molecular weight excluding hydrogens is 268 g/mol. The maximum absolute atomic E-state index is 12.0. The molecule has 0 aliphatic carbocycles. The van der Waals surface area contributed by atoms with Crippen LogP contribution in [-0.2, 0) is 13.0 Å². The standard InChI is InChI=1S/C14H20N6O/c1-3-4-5-12-9-20(19-18-12)7-6-16-14(21)13-8-15-10-17-11(13)2/h8-10H,3-7H2,1-2H3,(H,16,21). The highest BCUT2D eigenvalue weighted by atomic mass is 16.1. The van der Waals surface area contributed by atoms with Crippen LogP contribution in [0.15, 0.2) is 18.7 Å². The van der Waals surface area contributed by atoms with Crippen LogP contribution in [0.25, 0.3) is 0 Å². The van der Waals surface area contributed by atoms with E-state index in [1.165, 1.54) is 12.5 Å². The first-order chi connectivity index (χ1) is 10.2. The Hall–Kier alpha value is -2.31. The van der Waals surface area contributed by atoms with Gasteiger partial charge in [0.1, 0.15) is 6.33 Å². The van der Waals surface area contributed by atoms with Gasteiger partial charge in [-0.2, -0.15) is 0 Å². The fourth-order valence-electron chi connectivity index (χ4n) is 1.91. The summed E-state index contributed by atoms with van der Waals surface area (Å²) >= 11 is 0. The molecule has 0 unspecified atom stereocenters. The lowest BCUT2D eigenvalue weighted by Crippen LogP contribution is -2.28. The molecule has 0 fully saturated rings. The molecule has 1 amide bonds. The molecule has 112 valence electrons. The summed E-state index contributed by atoms with van der Waals surface area (Å²) in [5.74, 6) is -0.167. The maximum atomic E-state index is 12.0. The summed E-state index contributed by atoms with van der Waals surface area (Å²) in [6.07, 6.45) is 8.08. The lowest BCUT2D eigenvalue weighted by Gasteiger charge is -2.06. The van der Waals surface area contributed by atoms with Gasteiger partial charge in [-0.05, 0) is 19.8 Å². The number of aromatic nitrogens is 5. The minimum absolute atomic E-state index is 0.167. The third-order valence-electron chi connectivity index (χ3n) is 3.16. The van der Waals surface area contributed by atoms with Gasteiger partial charge in [0, 0.05) is 18.9 Å². The Balaban J connectivity index is 1.80. The lowest BCUT2D eigenvalue weighted by molar-refractivity contribution is 0.0950. The van der Waals surface area contributed by atoms with Crippen molar-refractivity contribution in [3.63, 3.8) is 0 Å². The topological polar surface area (TPSA) is 85.6 Å². The number of unbranched alkanes of at least 4 members (excludes halogenated alkanes) is 1. The third kappa shape index (κ3) is 4.34. The summed E-state index contributed by atoms with van der Waals surface area (Å²) in [5, 5.41) is 11.0. The second-order valence-electron chi connectivity index (χ2n) is 4.85. The summed E-state index contributed by atoms with van der Waals surface area (Å²) < 4.78 is 1.75. The van der Waals surface area contributed by atoms with E-state index >= 15 is 0 Å². The molecule has 0 spiro atoms. The van der Waals surface area contributed by atoms with Gasteiger partial charge in [-0.15, -0.1) is 5.10 Å². The van der Waals surface area contributed by atoms with E-state index in [9.17, 15) is 4.79 Å². The molecule has 2 aromatic heterocycles. The molecule has 7 heteroatoms. The molecule has 7 nitrogen and oxygen atoms in total. The van der Waals surface area contributed by atoms with Crippen molar-refractivity contribution >= 4 is 5.91 Å². The predicted molar refractivity (Wildman–Crippen MR) is 77.7 cm³/mol. The normalized spacial score (nSPS) is 10.6. The fraction of sp³-hybridized carbons (Fsp3) is 0.500. The van der Waals surface area contributed by atoms with E-state index in [-0.39, 0.29) is 5.91 Å². The summed E-state index contributed by atoms with van der Waals surface area (Å²) in [6.45, 7) is 5.02. The van der Waals surface area contributed by atoms with Crippen molar-refractivity contribution in [3.8, 4) is 0 Å². The van der Waals surface area contributed by atoms with Gasteiger partial charge in [0.2, 0.25) is 0 Å². The molecule has 0 aliphatic rings. The van der Waals surface area contributed by atoms with Crippen molar-refractivity contribution in [2.45, 2.75) is 39.7 Å². The van der Waals surface area contributed by atoms with Gasteiger partial charge in [-0.25, -0.2) is 9.97 Å². The Morgan fingerprint density at radius 1 is 1.43 bits per heavy atom. The minimum atomic E-state index is -0.167. The van der Waals surface area contributed by atoms with E-state index in [2.05, 4.69) is 32.5 Å². The van der Waals surface area contributed by atoms with Gasteiger partial charge in [0.15, 0.2) is 0 Å². The Morgan fingerprint density at radius 2 is 2.29 bits per heavy atom. The second kappa shape index (κ2) is 7.47. The lowest BCUT2D eigenvalue weighted by atomic mass is 10.2. The first-order valence-electron chi connectivity index (χ1n) is 7.14. The number of hydrogen-bond acceptors (Lipinski definition) is 5. The Kier molecular flexibility index (Phi) is 5.36. The first kappa shape index (κ1) is 15.1. The number of carbonyl (C=O) groups excluding carboxylic acids is 1. The molecule has 0 aliphatic heterocycles. The van der Waals surface area contributed by atoms with Gasteiger partial charge in [-0.1, -0.05) is 18.6 Å². The fourth-order valence-corrected chi connectivity index (χ4v) is 1.91. The van der Waals surface area contributed by atoms with Crippen molar-refractivity contribution in [2.24, 2.45) is 0 Å². The molecule has 1 N–H and O–H groups in total. The van der Waals surface area contributed by atoms with Crippen molar-refractivity contribution < 1.29 is 4.79 Å². The van der Waals surface area contributed by atoms with Crippen LogP contribution in [0.3, 0.4) is 0 Å². The first-order valence-corrected chi connectivity index (χ1v) is 7.14. The quantitative estimate of drug-likeness (QED) is 0.826. The van der Waals surface area contributed by atoms with Crippen LogP contribution in [0, 0.1) is 6.92 Å². The molecule has 0 saturated heterocycles. The highest BCUT2D eigenvalue weighted by Crippen LogP contribution is 2.02. The zero-order valence-electron chi connectivity index (χ0n) is 12.4. The van der Waals surface area contributed by atoms with Crippen molar-refractivity contribution in [1.82, 2.24) is 30.3 Å². The van der Waals surface area contributed by atoms with Gasteiger partial charge in [0.25, 0.3) is 5.91 Å². The van der Waals surface area contributed by atoms with Gasteiger partial charge in [-0.3, -0.25) is 9.48 Å². The van der Waals surface area contributed by atoms with E-state index in [0.29, 0.717) is 24.3 Å². The monoisotopic (exact) mass is 288 g/mol. The number of carbonyl (C=O) groups is 1. The van der Waals surface area contributed by atoms with Gasteiger partial charge in [0.05, 0.1) is 23.5 Å². The number of amides is 1. The zero-order valence-corrected chi connectivity index (χ0v) is 12.4. The molecule has 2 rings (SSSR count). The Bertz CT molecular complexity index is 595. The number of nitrogens with one attached hydrogen (secondary N) is 1. The molecule has 0 radical (unpaired) electrons. The Labute approximate surface area is 123 Å². The van der Waals surface area contributed by atoms with E-state index in [1.807, 2.05) is 6.20 Å². The molecule has 0 bridgehead atoms. The molecule has 2 aromatic rings. The van der Waals surface area contributed by atoms with Crippen molar-refractivity contribution in [1.29, 1.82) is 0 Å². The van der Waals surface area contributed by atoms with Crippen LogP contribution in [-0.4, -0.2) is 37.4 Å². The molecule has 0 aromatic carbocycles. The van der Waals surface area contributed by atoms with Crippen LogP contribution < -0.4 is 5.32 Å². The third-order valence-corrected chi connectivity index (χ3v) is 3.16. The highest BCUT2D eigenvalue weighted by Gasteiger charge is 2.09. The average molecular weight is 288 g/mol. The summed E-state index contributed by atoms with van der Waals surface area (Å²) in [4.78, 5) is 19.8. The zero-order chi connectivity index (χ0) is 15.1. The Morgan fingerprint density at radius 3 is 3.05 bits per heavy atom. The average Bonchev–Trinajstić information content (AvgIpc) is 2.93. The molecule has 21 heavy (non-hydrogen) atoms. The van der Waals surface area contributed by atoms with Crippen LogP contribution in [0.1, 0.15) is 41.5 Å². The minimum Gasteiger partial charge on any atom is -0.350 e. The molecule has 0 saturated carbocycles.